The number of hydrogen-bond acceptors (Lipinski definition) is 5. The van der Waals surface area contributed by atoms with E-state index in [1.54, 1.807) is 24.3 Å². The number of amides is 1. The summed E-state index contributed by atoms with van der Waals surface area (Å²) in [5.41, 5.74) is -0.554. The number of hydrogen-bond donors (Lipinski definition) is 1. The van der Waals surface area contributed by atoms with Crippen molar-refractivity contribution in [1.82, 2.24) is 5.32 Å². The molecule has 1 aromatic carbocycles. The van der Waals surface area contributed by atoms with Crippen molar-refractivity contribution < 1.29 is 19.1 Å². The fourth-order valence-electron chi connectivity index (χ4n) is 2.57. The number of nitrogens with zero attached hydrogens (tertiary/aromatic N) is 1. The lowest BCUT2D eigenvalue weighted by Gasteiger charge is -2.21. The standard InChI is InChI=1S/C16H18N2O4/c1-21-13-7-3-2-6-12(13)15(20)22-10-14(19)18-16(11-17)8-4-5-9-16/h2-3,6-7H,4-5,8-10H2,1H3,(H,18,19). The normalized spacial score (nSPS) is 15.6. The molecule has 2 rings (SSSR count). The number of para-hydroxylation sites is 1. The van der Waals surface area contributed by atoms with Gasteiger partial charge in [-0.3, -0.25) is 4.79 Å². The van der Waals surface area contributed by atoms with Crippen LogP contribution in [0.15, 0.2) is 24.3 Å². The number of ether oxygens (including phenoxy) is 2. The van der Waals surface area contributed by atoms with Crippen LogP contribution in [0.25, 0.3) is 0 Å². The largest absolute Gasteiger partial charge is 0.496 e. The van der Waals surface area contributed by atoms with Gasteiger partial charge in [-0.15, -0.1) is 0 Å². The fourth-order valence-corrected chi connectivity index (χ4v) is 2.57. The van der Waals surface area contributed by atoms with Crippen molar-refractivity contribution in [2.24, 2.45) is 0 Å². The molecule has 0 saturated heterocycles. The predicted octanol–water partition coefficient (Wildman–Crippen LogP) is 1.80. The lowest BCUT2D eigenvalue weighted by Crippen LogP contribution is -2.46. The molecule has 0 spiro atoms. The van der Waals surface area contributed by atoms with Gasteiger partial charge in [0.1, 0.15) is 16.9 Å². The lowest BCUT2D eigenvalue weighted by molar-refractivity contribution is -0.125. The summed E-state index contributed by atoms with van der Waals surface area (Å²) >= 11 is 0. The molecule has 1 N–H and O–H groups in total. The summed E-state index contributed by atoms with van der Waals surface area (Å²) in [6, 6.07) is 8.77. The average molecular weight is 302 g/mol. The quantitative estimate of drug-likeness (QED) is 0.838. The molecule has 1 saturated carbocycles. The van der Waals surface area contributed by atoms with Crippen molar-refractivity contribution in [2.75, 3.05) is 13.7 Å². The summed E-state index contributed by atoms with van der Waals surface area (Å²) in [6.07, 6.45) is 3.09. The lowest BCUT2D eigenvalue weighted by atomic mass is 10.00. The smallest absolute Gasteiger partial charge is 0.342 e. The van der Waals surface area contributed by atoms with E-state index in [0.29, 0.717) is 18.6 Å². The van der Waals surface area contributed by atoms with E-state index in [1.165, 1.54) is 7.11 Å². The van der Waals surface area contributed by atoms with Crippen molar-refractivity contribution in [1.29, 1.82) is 5.26 Å². The summed E-state index contributed by atoms with van der Waals surface area (Å²) < 4.78 is 10.1. The summed E-state index contributed by atoms with van der Waals surface area (Å²) in [7, 11) is 1.45. The second-order valence-corrected chi connectivity index (χ2v) is 5.23. The minimum atomic E-state index is -0.812. The van der Waals surface area contributed by atoms with Crippen LogP contribution in [0.5, 0.6) is 5.75 Å². The molecule has 1 aromatic rings. The van der Waals surface area contributed by atoms with Gasteiger partial charge in [-0.1, -0.05) is 12.1 Å². The van der Waals surface area contributed by atoms with Crippen molar-refractivity contribution in [3.8, 4) is 11.8 Å². The third kappa shape index (κ3) is 3.55. The van der Waals surface area contributed by atoms with Gasteiger partial charge in [0.05, 0.1) is 13.2 Å². The van der Waals surface area contributed by atoms with E-state index in [9.17, 15) is 14.9 Å². The highest BCUT2D eigenvalue weighted by atomic mass is 16.5. The first kappa shape index (κ1) is 15.8. The van der Waals surface area contributed by atoms with Gasteiger partial charge in [-0.05, 0) is 37.8 Å². The number of nitriles is 1. The van der Waals surface area contributed by atoms with E-state index in [2.05, 4.69) is 11.4 Å². The molecule has 0 unspecified atom stereocenters. The molecule has 1 aliphatic carbocycles. The van der Waals surface area contributed by atoms with Gasteiger partial charge in [0.15, 0.2) is 6.61 Å². The van der Waals surface area contributed by atoms with Gasteiger partial charge >= 0.3 is 5.97 Å². The van der Waals surface area contributed by atoms with Crippen LogP contribution >= 0.6 is 0 Å². The Kier molecular flexibility index (Phi) is 4.99. The minimum absolute atomic E-state index is 0.258. The monoisotopic (exact) mass is 302 g/mol. The molecule has 0 aliphatic heterocycles. The van der Waals surface area contributed by atoms with Crippen LogP contribution < -0.4 is 10.1 Å². The number of benzene rings is 1. The maximum atomic E-state index is 12.0. The Labute approximate surface area is 129 Å². The van der Waals surface area contributed by atoms with Gasteiger partial charge in [0.2, 0.25) is 0 Å². The molecule has 6 heteroatoms. The van der Waals surface area contributed by atoms with Gasteiger partial charge in [0.25, 0.3) is 5.91 Å². The van der Waals surface area contributed by atoms with Crippen LogP contribution in [0.4, 0.5) is 0 Å². The van der Waals surface area contributed by atoms with E-state index < -0.39 is 24.0 Å². The Morgan fingerprint density at radius 3 is 2.64 bits per heavy atom. The van der Waals surface area contributed by atoms with Crippen molar-refractivity contribution in [2.45, 2.75) is 31.2 Å². The predicted molar refractivity (Wildman–Crippen MR) is 78.2 cm³/mol. The van der Waals surface area contributed by atoms with Crippen LogP contribution in [0.3, 0.4) is 0 Å². The van der Waals surface area contributed by atoms with Crippen LogP contribution in [-0.2, 0) is 9.53 Å². The molecule has 22 heavy (non-hydrogen) atoms. The summed E-state index contributed by atoms with van der Waals surface area (Å²) in [5.74, 6) is -0.714. The Morgan fingerprint density at radius 2 is 2.00 bits per heavy atom. The Bertz CT molecular complexity index is 600. The molecule has 0 heterocycles. The second kappa shape index (κ2) is 6.94. The number of carbonyl (C=O) groups excluding carboxylic acids is 2. The highest BCUT2D eigenvalue weighted by Gasteiger charge is 2.35. The van der Waals surface area contributed by atoms with E-state index in [1.807, 2.05) is 0 Å². The molecule has 0 aromatic heterocycles. The van der Waals surface area contributed by atoms with Crippen LogP contribution in [-0.4, -0.2) is 31.1 Å². The number of methoxy groups -OCH3 is 1. The molecular formula is C16H18N2O4. The maximum Gasteiger partial charge on any atom is 0.342 e. The van der Waals surface area contributed by atoms with Crippen molar-refractivity contribution in [3.63, 3.8) is 0 Å². The number of rotatable bonds is 5. The Balaban J connectivity index is 1.91. The van der Waals surface area contributed by atoms with E-state index in [-0.39, 0.29) is 5.56 Å². The number of carbonyl (C=O) groups is 2. The fraction of sp³-hybridized carbons (Fsp3) is 0.438. The maximum absolute atomic E-state index is 12.0. The zero-order valence-corrected chi connectivity index (χ0v) is 12.4. The summed E-state index contributed by atoms with van der Waals surface area (Å²) in [4.78, 5) is 23.9. The molecule has 6 nitrogen and oxygen atoms in total. The molecule has 116 valence electrons. The highest BCUT2D eigenvalue weighted by molar-refractivity contribution is 5.94. The van der Waals surface area contributed by atoms with Crippen LogP contribution in [0.2, 0.25) is 0 Å². The Hall–Kier alpha value is -2.55. The average Bonchev–Trinajstić information content (AvgIpc) is 3.01. The second-order valence-electron chi connectivity index (χ2n) is 5.23. The third-order valence-electron chi connectivity index (χ3n) is 3.71. The Morgan fingerprint density at radius 1 is 1.32 bits per heavy atom. The SMILES string of the molecule is COc1ccccc1C(=O)OCC(=O)NC1(C#N)CCCC1. The summed E-state index contributed by atoms with van der Waals surface area (Å²) in [5, 5.41) is 11.9. The van der Waals surface area contributed by atoms with Gasteiger partial charge in [-0.2, -0.15) is 5.26 Å². The molecule has 1 aliphatic rings. The molecular weight excluding hydrogens is 284 g/mol. The highest BCUT2D eigenvalue weighted by Crippen LogP contribution is 2.28. The third-order valence-corrected chi connectivity index (χ3v) is 3.71. The molecule has 0 radical (unpaired) electrons. The topological polar surface area (TPSA) is 88.4 Å². The van der Waals surface area contributed by atoms with Gasteiger partial charge in [0, 0.05) is 0 Å². The van der Waals surface area contributed by atoms with Crippen molar-refractivity contribution >= 4 is 11.9 Å². The minimum Gasteiger partial charge on any atom is -0.496 e. The number of esters is 1. The first-order valence-electron chi connectivity index (χ1n) is 7.13. The molecule has 0 bridgehead atoms. The van der Waals surface area contributed by atoms with Crippen LogP contribution in [0.1, 0.15) is 36.0 Å². The van der Waals surface area contributed by atoms with Gasteiger partial charge in [-0.25, -0.2) is 4.79 Å². The zero-order chi connectivity index (χ0) is 16.0. The van der Waals surface area contributed by atoms with E-state index >= 15 is 0 Å². The number of nitrogens with one attached hydrogen (secondary N) is 1. The molecule has 1 amide bonds. The van der Waals surface area contributed by atoms with Gasteiger partial charge < -0.3 is 14.8 Å². The van der Waals surface area contributed by atoms with E-state index in [0.717, 1.165) is 12.8 Å². The summed E-state index contributed by atoms with van der Waals surface area (Å²) in [6.45, 7) is -0.416. The van der Waals surface area contributed by atoms with Crippen LogP contribution in [0, 0.1) is 11.3 Å². The van der Waals surface area contributed by atoms with E-state index in [4.69, 9.17) is 9.47 Å². The molecule has 1 fully saturated rings. The first-order chi connectivity index (χ1) is 10.6. The zero-order valence-electron chi connectivity index (χ0n) is 12.4. The molecule has 0 atom stereocenters. The van der Waals surface area contributed by atoms with Crippen molar-refractivity contribution in [3.05, 3.63) is 29.8 Å². The first-order valence-corrected chi connectivity index (χ1v) is 7.13.